The number of pyridine rings is 1. The van der Waals surface area contributed by atoms with E-state index in [-0.39, 0.29) is 16.8 Å². The molecular weight excluding hydrogens is 300 g/mol. The number of nitrogens with one attached hydrogen (secondary N) is 1. The van der Waals surface area contributed by atoms with Gasteiger partial charge in [-0.2, -0.15) is 0 Å². The molecule has 3 aromatic rings. The zero-order valence-electron chi connectivity index (χ0n) is 12.8. The molecule has 0 saturated heterocycles. The molecule has 0 spiro atoms. The predicted octanol–water partition coefficient (Wildman–Crippen LogP) is 0.786. The normalized spacial score (nSPS) is 10.9. The number of aryl methyl sites for hydroxylation is 2. The van der Waals surface area contributed by atoms with Gasteiger partial charge in [-0.3, -0.25) is 18.7 Å². The Morgan fingerprint density at radius 1 is 1.26 bits per heavy atom. The summed E-state index contributed by atoms with van der Waals surface area (Å²) < 4.78 is 7.29. The number of hydrogen-bond acceptors (Lipinski definition) is 5. The van der Waals surface area contributed by atoms with Gasteiger partial charge in [-0.15, -0.1) is 0 Å². The summed E-state index contributed by atoms with van der Waals surface area (Å²) in [4.78, 5) is 40.8. The van der Waals surface area contributed by atoms with Crippen LogP contribution in [0.5, 0.6) is 0 Å². The van der Waals surface area contributed by atoms with Crippen molar-refractivity contribution < 1.29 is 9.21 Å². The first-order chi connectivity index (χ1) is 10.9. The number of carbonyl (C=O) groups excluding carboxylic acids is 1. The zero-order valence-corrected chi connectivity index (χ0v) is 12.8. The largest absolute Gasteiger partial charge is 0.459 e. The van der Waals surface area contributed by atoms with Crippen molar-refractivity contribution in [1.29, 1.82) is 0 Å². The third-order valence-electron chi connectivity index (χ3n) is 3.64. The predicted molar refractivity (Wildman–Crippen MR) is 83.6 cm³/mol. The Balaban J connectivity index is 2.28. The summed E-state index contributed by atoms with van der Waals surface area (Å²) >= 11 is 0. The van der Waals surface area contributed by atoms with Gasteiger partial charge in [0.05, 0.1) is 12.0 Å². The molecule has 8 nitrogen and oxygen atoms in total. The summed E-state index contributed by atoms with van der Waals surface area (Å²) in [6.07, 6.45) is 2.88. The number of hydrogen-bond donors (Lipinski definition) is 1. The molecule has 0 bridgehead atoms. The average molecular weight is 314 g/mol. The Bertz CT molecular complexity index is 1030. The van der Waals surface area contributed by atoms with Gasteiger partial charge in [0.25, 0.3) is 11.5 Å². The van der Waals surface area contributed by atoms with Crippen molar-refractivity contribution in [1.82, 2.24) is 14.1 Å². The van der Waals surface area contributed by atoms with Crippen molar-refractivity contribution in [2.24, 2.45) is 14.1 Å². The van der Waals surface area contributed by atoms with Gasteiger partial charge in [0.15, 0.2) is 11.4 Å². The molecule has 118 valence electrons. The van der Waals surface area contributed by atoms with E-state index < -0.39 is 17.2 Å². The topological polar surface area (TPSA) is 99.1 Å². The van der Waals surface area contributed by atoms with Crippen molar-refractivity contribution in [2.45, 2.75) is 6.92 Å². The minimum absolute atomic E-state index is 0.121. The number of anilines is 1. The SMILES string of the molecule is Cc1cnc2c(c1NC(=O)c1ccco1)c(=O)n(C)c(=O)n2C. The average Bonchev–Trinajstić information content (AvgIpc) is 3.07. The molecule has 0 unspecified atom stereocenters. The number of furan rings is 1. The number of amides is 1. The molecule has 0 fully saturated rings. The van der Waals surface area contributed by atoms with Crippen LogP contribution in [0.1, 0.15) is 16.1 Å². The Morgan fingerprint density at radius 2 is 2.00 bits per heavy atom. The highest BCUT2D eigenvalue weighted by Gasteiger charge is 2.18. The van der Waals surface area contributed by atoms with Crippen LogP contribution in [-0.2, 0) is 14.1 Å². The first-order valence-electron chi connectivity index (χ1n) is 6.82. The van der Waals surface area contributed by atoms with Crippen LogP contribution in [0.25, 0.3) is 11.0 Å². The van der Waals surface area contributed by atoms with Crippen LogP contribution >= 0.6 is 0 Å². The van der Waals surface area contributed by atoms with E-state index in [4.69, 9.17) is 4.42 Å². The molecule has 1 N–H and O–H groups in total. The van der Waals surface area contributed by atoms with Gasteiger partial charge in [-0.1, -0.05) is 0 Å². The number of rotatable bonds is 2. The number of nitrogens with zero attached hydrogens (tertiary/aromatic N) is 3. The van der Waals surface area contributed by atoms with E-state index in [0.29, 0.717) is 11.3 Å². The van der Waals surface area contributed by atoms with Gasteiger partial charge >= 0.3 is 5.69 Å². The summed E-state index contributed by atoms with van der Waals surface area (Å²) in [6.45, 7) is 1.72. The van der Waals surface area contributed by atoms with Gasteiger partial charge < -0.3 is 9.73 Å². The van der Waals surface area contributed by atoms with Gasteiger partial charge in [-0.05, 0) is 24.6 Å². The molecule has 0 radical (unpaired) electrons. The molecule has 0 aliphatic carbocycles. The third kappa shape index (κ3) is 2.24. The van der Waals surface area contributed by atoms with Crippen LogP contribution in [0.3, 0.4) is 0 Å². The number of fused-ring (bicyclic) bond motifs is 1. The van der Waals surface area contributed by atoms with E-state index in [1.165, 1.54) is 37.2 Å². The van der Waals surface area contributed by atoms with Crippen LogP contribution < -0.4 is 16.6 Å². The van der Waals surface area contributed by atoms with Gasteiger partial charge in [0.2, 0.25) is 0 Å². The van der Waals surface area contributed by atoms with E-state index in [1.807, 2.05) is 0 Å². The van der Waals surface area contributed by atoms with Crippen LogP contribution in [0, 0.1) is 6.92 Å². The van der Waals surface area contributed by atoms with Crippen molar-refractivity contribution >= 4 is 22.6 Å². The second-order valence-corrected chi connectivity index (χ2v) is 5.15. The van der Waals surface area contributed by atoms with E-state index in [0.717, 1.165) is 4.57 Å². The first kappa shape index (κ1) is 14.8. The molecular formula is C15H14N4O4. The lowest BCUT2D eigenvalue weighted by Gasteiger charge is -2.13. The highest BCUT2D eigenvalue weighted by molar-refractivity contribution is 6.07. The number of carbonyl (C=O) groups is 1. The summed E-state index contributed by atoms with van der Waals surface area (Å²) in [7, 11) is 2.90. The van der Waals surface area contributed by atoms with Crippen molar-refractivity contribution in [3.63, 3.8) is 0 Å². The second kappa shape index (κ2) is 5.24. The molecule has 8 heteroatoms. The molecule has 1 amide bonds. The van der Waals surface area contributed by atoms with E-state index in [2.05, 4.69) is 10.3 Å². The summed E-state index contributed by atoms with van der Waals surface area (Å²) in [5.41, 5.74) is 0.121. The van der Waals surface area contributed by atoms with Crippen molar-refractivity contribution in [3.8, 4) is 0 Å². The van der Waals surface area contributed by atoms with Gasteiger partial charge in [0, 0.05) is 20.3 Å². The zero-order chi connectivity index (χ0) is 16.7. The summed E-state index contributed by atoms with van der Waals surface area (Å²) in [5.74, 6) is -0.363. The molecule has 23 heavy (non-hydrogen) atoms. The first-order valence-corrected chi connectivity index (χ1v) is 6.82. The summed E-state index contributed by atoms with van der Waals surface area (Å²) in [6, 6.07) is 3.11. The molecule has 3 rings (SSSR count). The number of aromatic nitrogens is 3. The Hall–Kier alpha value is -3.16. The monoisotopic (exact) mass is 314 g/mol. The Kier molecular flexibility index (Phi) is 3.36. The quantitative estimate of drug-likeness (QED) is 0.754. The van der Waals surface area contributed by atoms with Crippen LogP contribution in [-0.4, -0.2) is 20.0 Å². The minimum atomic E-state index is -0.519. The molecule has 0 atom stereocenters. The van der Waals surface area contributed by atoms with E-state index in [9.17, 15) is 14.4 Å². The van der Waals surface area contributed by atoms with E-state index >= 15 is 0 Å². The lowest BCUT2D eigenvalue weighted by molar-refractivity contribution is 0.0996. The fourth-order valence-electron chi connectivity index (χ4n) is 2.37. The molecule has 0 aliphatic rings. The Morgan fingerprint density at radius 3 is 2.65 bits per heavy atom. The highest BCUT2D eigenvalue weighted by atomic mass is 16.3. The second-order valence-electron chi connectivity index (χ2n) is 5.15. The minimum Gasteiger partial charge on any atom is -0.459 e. The fraction of sp³-hybridized carbons (Fsp3) is 0.200. The molecule has 0 aliphatic heterocycles. The van der Waals surface area contributed by atoms with E-state index in [1.54, 1.807) is 13.0 Å². The lowest BCUT2D eigenvalue weighted by atomic mass is 10.2. The smallest absolute Gasteiger partial charge is 0.332 e. The highest BCUT2D eigenvalue weighted by Crippen LogP contribution is 2.22. The van der Waals surface area contributed by atoms with Crippen LogP contribution in [0.4, 0.5) is 5.69 Å². The van der Waals surface area contributed by atoms with Gasteiger partial charge in [-0.25, -0.2) is 9.78 Å². The lowest BCUT2D eigenvalue weighted by Crippen LogP contribution is -2.37. The van der Waals surface area contributed by atoms with Crippen molar-refractivity contribution in [2.75, 3.05) is 5.32 Å². The summed E-state index contributed by atoms with van der Waals surface area (Å²) in [5, 5.41) is 2.84. The fourth-order valence-corrected chi connectivity index (χ4v) is 2.37. The van der Waals surface area contributed by atoms with Crippen LogP contribution in [0.15, 0.2) is 38.6 Å². The van der Waals surface area contributed by atoms with Gasteiger partial charge in [0.1, 0.15) is 5.39 Å². The molecule has 3 aromatic heterocycles. The maximum Gasteiger partial charge on any atom is 0.332 e. The Labute approximate surface area is 130 Å². The van der Waals surface area contributed by atoms with Crippen molar-refractivity contribution in [3.05, 3.63) is 56.8 Å². The standard InChI is InChI=1S/C15H14N4O4/c1-8-7-16-12-10(14(21)19(3)15(22)18(12)2)11(8)17-13(20)9-5-4-6-23-9/h4-7H,1-3H3,(H,16,17,20). The maximum atomic E-state index is 12.5. The molecule has 0 aromatic carbocycles. The third-order valence-corrected chi connectivity index (χ3v) is 3.64. The molecule has 0 saturated carbocycles. The van der Waals surface area contributed by atoms with Crippen LogP contribution in [0.2, 0.25) is 0 Å². The molecule has 3 heterocycles. The maximum absolute atomic E-state index is 12.5.